The summed E-state index contributed by atoms with van der Waals surface area (Å²) >= 11 is 0. The van der Waals surface area contributed by atoms with Gasteiger partial charge in [0.25, 0.3) is 0 Å². The molecule has 2 rings (SSSR count). The molecule has 0 N–H and O–H groups in total. The first-order chi connectivity index (χ1) is 9.87. The van der Waals surface area contributed by atoms with Crippen LogP contribution in [0.4, 0.5) is 4.79 Å². The molecule has 2 aliphatic heterocycles. The summed E-state index contributed by atoms with van der Waals surface area (Å²) in [7, 11) is 0. The Hall–Kier alpha value is -1.26. The van der Waals surface area contributed by atoms with E-state index in [4.69, 9.17) is 4.74 Å². The van der Waals surface area contributed by atoms with Crippen LogP contribution in [0.1, 0.15) is 59.3 Å². The summed E-state index contributed by atoms with van der Waals surface area (Å²) in [5.74, 6) is 0.253. The molecule has 1 atom stereocenters. The standard InChI is InChI=1S/C16H28N2O3/c1-16(2,3)21-15(20)17-10-7-8-13(12-17)18-11-6-4-5-9-14(18)19/h13H,4-12H2,1-3H3. The number of ether oxygens (including phenoxy) is 1. The van der Waals surface area contributed by atoms with E-state index in [1.807, 2.05) is 25.7 Å². The largest absolute Gasteiger partial charge is 0.444 e. The summed E-state index contributed by atoms with van der Waals surface area (Å²) < 4.78 is 5.45. The Bertz CT molecular complexity index is 389. The van der Waals surface area contributed by atoms with Crippen LogP contribution in [-0.4, -0.2) is 53.1 Å². The Labute approximate surface area is 127 Å². The van der Waals surface area contributed by atoms with Gasteiger partial charge in [-0.2, -0.15) is 0 Å². The maximum absolute atomic E-state index is 12.2. The minimum absolute atomic E-state index is 0.164. The highest BCUT2D eigenvalue weighted by molar-refractivity contribution is 5.77. The van der Waals surface area contributed by atoms with Crippen LogP contribution in [0, 0.1) is 0 Å². The first-order valence-corrected chi connectivity index (χ1v) is 8.14. The zero-order valence-corrected chi connectivity index (χ0v) is 13.6. The summed E-state index contributed by atoms with van der Waals surface area (Å²) in [6, 6.07) is 0.164. The van der Waals surface area contributed by atoms with Crippen LogP contribution in [0.5, 0.6) is 0 Å². The summed E-state index contributed by atoms with van der Waals surface area (Å²) in [5.41, 5.74) is -0.470. The molecule has 0 aromatic carbocycles. The van der Waals surface area contributed by atoms with Gasteiger partial charge in [0.2, 0.25) is 5.91 Å². The molecule has 1 unspecified atom stereocenters. The molecule has 0 bridgehead atoms. The Morgan fingerprint density at radius 1 is 1.14 bits per heavy atom. The van der Waals surface area contributed by atoms with Crippen molar-refractivity contribution in [1.82, 2.24) is 9.80 Å². The normalized spacial score (nSPS) is 24.7. The van der Waals surface area contributed by atoms with E-state index in [0.717, 1.165) is 45.2 Å². The SMILES string of the molecule is CC(C)(C)OC(=O)N1CCCC(N2CCCCCC2=O)C1. The fourth-order valence-corrected chi connectivity index (χ4v) is 3.09. The second kappa shape index (κ2) is 6.67. The lowest BCUT2D eigenvalue weighted by molar-refractivity contribution is -0.134. The van der Waals surface area contributed by atoms with Gasteiger partial charge in [-0.05, 0) is 46.5 Å². The summed E-state index contributed by atoms with van der Waals surface area (Å²) in [6.45, 7) is 7.82. The third-order valence-electron chi connectivity index (χ3n) is 4.10. The summed E-state index contributed by atoms with van der Waals surface area (Å²) in [5, 5.41) is 0. The highest BCUT2D eigenvalue weighted by Crippen LogP contribution is 2.22. The molecule has 2 heterocycles. The van der Waals surface area contributed by atoms with Gasteiger partial charge in [-0.1, -0.05) is 6.42 Å². The average molecular weight is 296 g/mol. The van der Waals surface area contributed by atoms with Crippen molar-refractivity contribution in [2.24, 2.45) is 0 Å². The van der Waals surface area contributed by atoms with Gasteiger partial charge in [0.1, 0.15) is 5.60 Å². The fraction of sp³-hybridized carbons (Fsp3) is 0.875. The van der Waals surface area contributed by atoms with E-state index in [9.17, 15) is 9.59 Å². The molecule has 2 aliphatic rings. The molecule has 5 nitrogen and oxygen atoms in total. The zero-order valence-electron chi connectivity index (χ0n) is 13.6. The van der Waals surface area contributed by atoms with Crippen molar-refractivity contribution in [3.8, 4) is 0 Å². The second-order valence-corrected chi connectivity index (χ2v) is 7.12. The number of hydrogen-bond acceptors (Lipinski definition) is 3. The van der Waals surface area contributed by atoms with Crippen molar-refractivity contribution in [3.63, 3.8) is 0 Å². The van der Waals surface area contributed by atoms with E-state index < -0.39 is 5.60 Å². The van der Waals surface area contributed by atoms with Gasteiger partial charge in [0.15, 0.2) is 0 Å². The fourth-order valence-electron chi connectivity index (χ4n) is 3.09. The monoisotopic (exact) mass is 296 g/mol. The van der Waals surface area contributed by atoms with Crippen molar-refractivity contribution in [3.05, 3.63) is 0 Å². The van der Waals surface area contributed by atoms with E-state index in [-0.39, 0.29) is 18.0 Å². The molecule has 2 saturated heterocycles. The number of hydrogen-bond donors (Lipinski definition) is 0. The molecular formula is C16H28N2O3. The number of carbonyl (C=O) groups excluding carboxylic acids is 2. The van der Waals surface area contributed by atoms with Crippen molar-refractivity contribution in [1.29, 1.82) is 0 Å². The first-order valence-electron chi connectivity index (χ1n) is 8.14. The van der Waals surface area contributed by atoms with E-state index in [1.54, 1.807) is 4.90 Å². The van der Waals surface area contributed by atoms with Gasteiger partial charge in [0, 0.05) is 32.1 Å². The molecule has 0 spiro atoms. The van der Waals surface area contributed by atoms with Crippen LogP contribution in [-0.2, 0) is 9.53 Å². The van der Waals surface area contributed by atoms with Crippen molar-refractivity contribution >= 4 is 12.0 Å². The van der Waals surface area contributed by atoms with E-state index in [0.29, 0.717) is 13.0 Å². The topological polar surface area (TPSA) is 49.9 Å². The van der Waals surface area contributed by atoms with Crippen molar-refractivity contribution < 1.29 is 14.3 Å². The second-order valence-electron chi connectivity index (χ2n) is 7.12. The predicted octanol–water partition coefficient (Wildman–Crippen LogP) is 2.79. The third-order valence-corrected chi connectivity index (χ3v) is 4.10. The van der Waals surface area contributed by atoms with Gasteiger partial charge in [-0.25, -0.2) is 4.79 Å². The van der Waals surface area contributed by atoms with E-state index in [2.05, 4.69) is 0 Å². The number of amides is 2. The average Bonchev–Trinajstić information content (AvgIpc) is 2.61. The number of nitrogens with zero attached hydrogens (tertiary/aromatic N) is 2. The maximum Gasteiger partial charge on any atom is 0.410 e. The maximum atomic E-state index is 12.2. The van der Waals surface area contributed by atoms with Crippen LogP contribution in [0.2, 0.25) is 0 Å². The summed E-state index contributed by atoms with van der Waals surface area (Å²) in [6.07, 6.45) is 5.54. The number of rotatable bonds is 1. The lowest BCUT2D eigenvalue weighted by atomic mass is 10.0. The predicted molar refractivity (Wildman–Crippen MR) is 81.0 cm³/mol. The van der Waals surface area contributed by atoms with Gasteiger partial charge < -0.3 is 14.5 Å². The van der Waals surface area contributed by atoms with Crippen LogP contribution in [0.25, 0.3) is 0 Å². The number of piperidine rings is 1. The van der Waals surface area contributed by atoms with E-state index >= 15 is 0 Å². The van der Waals surface area contributed by atoms with Crippen molar-refractivity contribution in [2.45, 2.75) is 70.9 Å². The minimum Gasteiger partial charge on any atom is -0.444 e. The van der Waals surface area contributed by atoms with Gasteiger partial charge >= 0.3 is 6.09 Å². The molecule has 0 radical (unpaired) electrons. The highest BCUT2D eigenvalue weighted by atomic mass is 16.6. The molecular weight excluding hydrogens is 268 g/mol. The van der Waals surface area contributed by atoms with Crippen LogP contribution in [0.15, 0.2) is 0 Å². The Kier molecular flexibility index (Phi) is 5.12. The molecule has 120 valence electrons. The molecule has 0 saturated carbocycles. The Morgan fingerprint density at radius 3 is 2.62 bits per heavy atom. The molecule has 0 aliphatic carbocycles. The lowest BCUT2D eigenvalue weighted by Crippen LogP contribution is -2.52. The third kappa shape index (κ3) is 4.61. The van der Waals surface area contributed by atoms with Crippen LogP contribution >= 0.6 is 0 Å². The Morgan fingerprint density at radius 2 is 1.90 bits per heavy atom. The molecule has 21 heavy (non-hydrogen) atoms. The molecule has 2 amide bonds. The van der Waals surface area contributed by atoms with Gasteiger partial charge in [0.05, 0.1) is 0 Å². The number of likely N-dealkylation sites (tertiary alicyclic amines) is 2. The highest BCUT2D eigenvalue weighted by Gasteiger charge is 2.32. The quantitative estimate of drug-likeness (QED) is 0.747. The van der Waals surface area contributed by atoms with Gasteiger partial charge in [-0.3, -0.25) is 4.79 Å². The molecule has 5 heteroatoms. The Balaban J connectivity index is 1.96. The number of carbonyl (C=O) groups is 2. The molecule has 0 aromatic heterocycles. The first kappa shape index (κ1) is 16.1. The smallest absolute Gasteiger partial charge is 0.410 e. The van der Waals surface area contributed by atoms with Crippen LogP contribution in [0.3, 0.4) is 0 Å². The van der Waals surface area contributed by atoms with Crippen LogP contribution < -0.4 is 0 Å². The molecule has 0 aromatic rings. The lowest BCUT2D eigenvalue weighted by Gasteiger charge is -2.39. The minimum atomic E-state index is -0.470. The molecule has 2 fully saturated rings. The van der Waals surface area contributed by atoms with E-state index in [1.165, 1.54) is 0 Å². The van der Waals surface area contributed by atoms with Gasteiger partial charge in [-0.15, -0.1) is 0 Å². The zero-order chi connectivity index (χ0) is 15.5. The summed E-state index contributed by atoms with van der Waals surface area (Å²) in [4.78, 5) is 28.2. The van der Waals surface area contributed by atoms with Crippen molar-refractivity contribution in [2.75, 3.05) is 19.6 Å².